The lowest BCUT2D eigenvalue weighted by atomic mass is 10.1. The van der Waals surface area contributed by atoms with Gasteiger partial charge in [0.05, 0.1) is 26.4 Å². The van der Waals surface area contributed by atoms with Gasteiger partial charge in [-0.25, -0.2) is 4.79 Å². The van der Waals surface area contributed by atoms with E-state index in [-0.39, 0.29) is 30.5 Å². The Hall–Kier alpha value is -2.24. The zero-order chi connectivity index (χ0) is 15.1. The van der Waals surface area contributed by atoms with E-state index in [4.69, 9.17) is 18.9 Å². The fourth-order valence-corrected chi connectivity index (χ4v) is 1.67. The van der Waals surface area contributed by atoms with E-state index < -0.39 is 5.97 Å². The number of benzene rings is 1. The second-order valence-corrected chi connectivity index (χ2v) is 3.83. The molecule has 1 aromatic carbocycles. The Morgan fingerprint density at radius 3 is 2.25 bits per heavy atom. The van der Waals surface area contributed by atoms with Crippen molar-refractivity contribution >= 4 is 11.8 Å². The van der Waals surface area contributed by atoms with Gasteiger partial charge in [-0.1, -0.05) is 0 Å². The van der Waals surface area contributed by atoms with Crippen LogP contribution in [0.5, 0.6) is 17.2 Å². The van der Waals surface area contributed by atoms with E-state index >= 15 is 0 Å². The van der Waals surface area contributed by atoms with Crippen LogP contribution in [-0.2, 0) is 9.53 Å². The van der Waals surface area contributed by atoms with Gasteiger partial charge in [0.15, 0.2) is 23.9 Å². The topological polar surface area (TPSA) is 71.1 Å². The predicted octanol–water partition coefficient (Wildman–Crippen LogP) is 1.85. The molecule has 0 aromatic heterocycles. The number of methoxy groups -OCH3 is 2. The van der Waals surface area contributed by atoms with Crippen LogP contribution < -0.4 is 14.2 Å². The zero-order valence-corrected chi connectivity index (χ0v) is 12.0. The number of Topliss-reactive ketones (excluding diaryl/α,β-unsaturated/α-hetero) is 1. The average Bonchev–Trinajstić information content (AvgIpc) is 2.43. The van der Waals surface area contributed by atoms with E-state index in [0.29, 0.717) is 11.3 Å². The van der Waals surface area contributed by atoms with Crippen LogP contribution in [0, 0.1) is 0 Å². The minimum atomic E-state index is -0.482. The molecule has 6 heteroatoms. The molecule has 1 rings (SSSR count). The Kier molecular flexibility index (Phi) is 5.83. The molecule has 0 bridgehead atoms. The SMILES string of the molecule is CCOC(=O)COc1ccc(C(C)=O)c(OC)c1OC. The van der Waals surface area contributed by atoms with Gasteiger partial charge in [0.1, 0.15) is 0 Å². The van der Waals surface area contributed by atoms with Gasteiger partial charge in [-0.05, 0) is 26.0 Å². The Morgan fingerprint density at radius 2 is 1.75 bits per heavy atom. The molecule has 0 saturated heterocycles. The van der Waals surface area contributed by atoms with Crippen LogP contribution in [0.4, 0.5) is 0 Å². The summed E-state index contributed by atoms with van der Waals surface area (Å²) in [6, 6.07) is 3.11. The van der Waals surface area contributed by atoms with Crippen LogP contribution in [0.1, 0.15) is 24.2 Å². The molecule has 110 valence electrons. The maximum Gasteiger partial charge on any atom is 0.344 e. The molecule has 20 heavy (non-hydrogen) atoms. The molecule has 0 heterocycles. The first-order chi connectivity index (χ1) is 9.54. The second-order valence-electron chi connectivity index (χ2n) is 3.83. The molecule has 0 radical (unpaired) electrons. The highest BCUT2D eigenvalue weighted by atomic mass is 16.6. The summed E-state index contributed by atoms with van der Waals surface area (Å²) in [5.74, 6) is 0.217. The lowest BCUT2D eigenvalue weighted by Gasteiger charge is -2.15. The molecule has 0 spiro atoms. The summed E-state index contributed by atoms with van der Waals surface area (Å²) >= 11 is 0. The third-order valence-corrected chi connectivity index (χ3v) is 2.51. The first-order valence-electron chi connectivity index (χ1n) is 6.09. The predicted molar refractivity (Wildman–Crippen MR) is 71.7 cm³/mol. The molecule has 1 aromatic rings. The summed E-state index contributed by atoms with van der Waals surface area (Å²) < 4.78 is 20.5. The third kappa shape index (κ3) is 3.63. The maximum atomic E-state index is 11.5. The number of ketones is 1. The van der Waals surface area contributed by atoms with Gasteiger partial charge >= 0.3 is 5.97 Å². The average molecular weight is 282 g/mol. The molecule has 0 saturated carbocycles. The number of carbonyl (C=O) groups excluding carboxylic acids is 2. The molecule has 0 atom stereocenters. The van der Waals surface area contributed by atoms with Crippen molar-refractivity contribution in [1.82, 2.24) is 0 Å². The summed E-state index contributed by atoms with van der Waals surface area (Å²) in [6.45, 7) is 3.18. The minimum absolute atomic E-state index is 0.155. The van der Waals surface area contributed by atoms with Gasteiger partial charge in [-0.15, -0.1) is 0 Å². The number of carbonyl (C=O) groups is 2. The van der Waals surface area contributed by atoms with Crippen molar-refractivity contribution < 1.29 is 28.5 Å². The number of ether oxygens (including phenoxy) is 4. The van der Waals surface area contributed by atoms with E-state index in [2.05, 4.69) is 0 Å². The van der Waals surface area contributed by atoms with E-state index in [0.717, 1.165) is 0 Å². The second kappa shape index (κ2) is 7.37. The van der Waals surface area contributed by atoms with E-state index in [1.807, 2.05) is 0 Å². The van der Waals surface area contributed by atoms with Crippen molar-refractivity contribution in [2.75, 3.05) is 27.4 Å². The van der Waals surface area contributed by atoms with Crippen molar-refractivity contribution in [1.29, 1.82) is 0 Å². The van der Waals surface area contributed by atoms with E-state index in [1.165, 1.54) is 21.1 Å². The Labute approximate surface area is 117 Å². The monoisotopic (exact) mass is 282 g/mol. The summed E-state index contributed by atoms with van der Waals surface area (Å²) in [6.07, 6.45) is 0. The van der Waals surface area contributed by atoms with Gasteiger partial charge in [-0.2, -0.15) is 0 Å². The molecular formula is C14H18O6. The first kappa shape index (κ1) is 15.8. The lowest BCUT2D eigenvalue weighted by molar-refractivity contribution is -0.145. The van der Waals surface area contributed by atoms with Crippen LogP contribution in [0.2, 0.25) is 0 Å². The third-order valence-electron chi connectivity index (χ3n) is 2.51. The summed E-state index contributed by atoms with van der Waals surface area (Å²) in [4.78, 5) is 22.8. The maximum absolute atomic E-state index is 11.5. The number of hydrogen-bond acceptors (Lipinski definition) is 6. The van der Waals surface area contributed by atoms with Gasteiger partial charge in [0.25, 0.3) is 0 Å². The first-order valence-corrected chi connectivity index (χ1v) is 6.09. The fourth-order valence-electron chi connectivity index (χ4n) is 1.67. The Morgan fingerprint density at radius 1 is 1.10 bits per heavy atom. The van der Waals surface area contributed by atoms with Crippen LogP contribution >= 0.6 is 0 Å². The smallest absolute Gasteiger partial charge is 0.344 e. The zero-order valence-electron chi connectivity index (χ0n) is 12.0. The largest absolute Gasteiger partial charge is 0.492 e. The molecule has 0 unspecified atom stereocenters. The van der Waals surface area contributed by atoms with Gasteiger partial charge in [0, 0.05) is 0 Å². The van der Waals surface area contributed by atoms with Crippen LogP contribution in [0.15, 0.2) is 12.1 Å². The highest BCUT2D eigenvalue weighted by Gasteiger charge is 2.19. The minimum Gasteiger partial charge on any atom is -0.492 e. The Bertz CT molecular complexity index is 495. The van der Waals surface area contributed by atoms with E-state index in [9.17, 15) is 9.59 Å². The molecular weight excluding hydrogens is 264 g/mol. The summed E-state index contributed by atoms with van der Waals surface area (Å²) in [5, 5.41) is 0. The number of hydrogen-bond donors (Lipinski definition) is 0. The van der Waals surface area contributed by atoms with Crippen molar-refractivity contribution in [3.05, 3.63) is 17.7 Å². The molecule has 0 aliphatic rings. The van der Waals surface area contributed by atoms with Crippen molar-refractivity contribution in [2.45, 2.75) is 13.8 Å². The highest BCUT2D eigenvalue weighted by molar-refractivity contribution is 5.98. The van der Waals surface area contributed by atoms with Crippen molar-refractivity contribution in [3.63, 3.8) is 0 Å². The molecule has 0 amide bonds. The molecule has 0 N–H and O–H groups in total. The molecule has 0 fully saturated rings. The quantitative estimate of drug-likeness (QED) is 0.561. The standard InChI is InChI=1S/C14H18O6/c1-5-19-12(16)8-20-11-7-6-10(9(2)15)13(17-3)14(11)18-4/h6-7H,5,8H2,1-4H3. The normalized spacial score (nSPS) is 9.80. The van der Waals surface area contributed by atoms with Crippen molar-refractivity contribution in [3.8, 4) is 17.2 Å². The fraction of sp³-hybridized carbons (Fsp3) is 0.429. The molecule has 0 aliphatic heterocycles. The van der Waals surface area contributed by atoms with Crippen molar-refractivity contribution in [2.24, 2.45) is 0 Å². The lowest BCUT2D eigenvalue weighted by Crippen LogP contribution is -2.15. The summed E-state index contributed by atoms with van der Waals surface area (Å²) in [7, 11) is 2.86. The Balaban J connectivity index is 3.03. The molecule has 6 nitrogen and oxygen atoms in total. The van der Waals surface area contributed by atoms with Gasteiger partial charge < -0.3 is 18.9 Å². The molecule has 0 aliphatic carbocycles. The highest BCUT2D eigenvalue weighted by Crippen LogP contribution is 2.40. The van der Waals surface area contributed by atoms with E-state index in [1.54, 1.807) is 19.1 Å². The van der Waals surface area contributed by atoms with Crippen LogP contribution in [0.25, 0.3) is 0 Å². The van der Waals surface area contributed by atoms with Crippen LogP contribution in [0.3, 0.4) is 0 Å². The van der Waals surface area contributed by atoms with Gasteiger partial charge in [0.2, 0.25) is 5.75 Å². The summed E-state index contributed by atoms with van der Waals surface area (Å²) in [5.41, 5.74) is 0.382. The van der Waals surface area contributed by atoms with Gasteiger partial charge in [-0.3, -0.25) is 4.79 Å². The number of esters is 1. The number of rotatable bonds is 7. The van der Waals surface area contributed by atoms with Crippen LogP contribution in [-0.4, -0.2) is 39.2 Å².